The highest BCUT2D eigenvalue weighted by Gasteiger charge is 2.54. The highest BCUT2D eigenvalue weighted by atomic mass is 32.2. The molecule has 0 rings (SSSR count). The standard InChI is InChI=1S/C16H28F2O7S/c1-13(2,3)10-15(7,14(4,5)6)11(19)24-8-9-25-12(20)16(17,18)26(21,22)23/h8-10H2,1-7H3,(H,21,22,23). The fourth-order valence-corrected chi connectivity index (χ4v) is 2.59. The van der Waals surface area contributed by atoms with Gasteiger partial charge in [-0.1, -0.05) is 41.5 Å². The van der Waals surface area contributed by atoms with Gasteiger partial charge in [0.15, 0.2) is 0 Å². The number of esters is 2. The van der Waals surface area contributed by atoms with E-state index in [0.717, 1.165) is 0 Å². The Bertz CT molecular complexity index is 630. The second-order valence-corrected chi connectivity index (χ2v) is 10.0. The quantitative estimate of drug-likeness (QED) is 0.396. The van der Waals surface area contributed by atoms with Crippen LogP contribution in [0.2, 0.25) is 0 Å². The van der Waals surface area contributed by atoms with Crippen LogP contribution in [0.4, 0.5) is 8.78 Å². The molecule has 0 bridgehead atoms. The molecule has 0 heterocycles. The first-order valence-electron chi connectivity index (χ1n) is 7.95. The summed E-state index contributed by atoms with van der Waals surface area (Å²) in [6, 6.07) is 0. The van der Waals surface area contributed by atoms with Crippen LogP contribution in [-0.4, -0.2) is 43.4 Å². The van der Waals surface area contributed by atoms with E-state index in [1.165, 1.54) is 0 Å². The van der Waals surface area contributed by atoms with Crippen molar-refractivity contribution in [2.75, 3.05) is 13.2 Å². The summed E-state index contributed by atoms with van der Waals surface area (Å²) in [5, 5.41) is -5.08. The Morgan fingerprint density at radius 3 is 1.58 bits per heavy atom. The Hall–Kier alpha value is -1.29. The summed E-state index contributed by atoms with van der Waals surface area (Å²) >= 11 is 0. The van der Waals surface area contributed by atoms with E-state index in [1.807, 2.05) is 41.5 Å². The van der Waals surface area contributed by atoms with Crippen molar-refractivity contribution in [3.63, 3.8) is 0 Å². The zero-order valence-electron chi connectivity index (χ0n) is 16.2. The molecule has 0 aliphatic carbocycles. The van der Waals surface area contributed by atoms with E-state index in [0.29, 0.717) is 6.42 Å². The Kier molecular flexibility index (Phi) is 7.37. The molecule has 1 N–H and O–H groups in total. The van der Waals surface area contributed by atoms with Crippen LogP contribution in [-0.2, 0) is 29.2 Å². The first-order chi connectivity index (χ1) is 11.3. The molecule has 7 nitrogen and oxygen atoms in total. The average molecular weight is 402 g/mol. The molecular formula is C16H28F2O7S. The molecule has 10 heteroatoms. The van der Waals surface area contributed by atoms with Gasteiger partial charge in [-0.05, 0) is 24.2 Å². The van der Waals surface area contributed by atoms with Crippen molar-refractivity contribution < 1.29 is 40.8 Å². The maximum Gasteiger partial charge on any atom is 0.465 e. The molecule has 1 unspecified atom stereocenters. The largest absolute Gasteiger partial charge is 0.465 e. The van der Waals surface area contributed by atoms with Gasteiger partial charge in [0.1, 0.15) is 13.2 Å². The van der Waals surface area contributed by atoms with Gasteiger partial charge < -0.3 is 9.47 Å². The molecule has 0 saturated heterocycles. The number of carbonyl (C=O) groups is 2. The molecular weight excluding hydrogens is 374 g/mol. The molecule has 0 fully saturated rings. The molecule has 154 valence electrons. The average Bonchev–Trinajstić information content (AvgIpc) is 2.38. The number of alkyl halides is 2. The van der Waals surface area contributed by atoms with Crippen molar-refractivity contribution in [3.8, 4) is 0 Å². The summed E-state index contributed by atoms with van der Waals surface area (Å²) in [5.74, 6) is -3.03. The maximum absolute atomic E-state index is 13.0. The minimum absolute atomic E-state index is 0.189. The van der Waals surface area contributed by atoms with Gasteiger partial charge in [-0.3, -0.25) is 9.35 Å². The summed E-state index contributed by atoms with van der Waals surface area (Å²) in [7, 11) is -5.93. The van der Waals surface area contributed by atoms with E-state index in [9.17, 15) is 26.8 Å². The SMILES string of the molecule is CC(C)(C)CC(C)(C(=O)OCCOC(=O)C(F)(F)S(=O)(=O)O)C(C)(C)C. The number of hydrogen-bond acceptors (Lipinski definition) is 6. The second kappa shape index (κ2) is 7.75. The summed E-state index contributed by atoms with van der Waals surface area (Å²) in [5.41, 5.74) is -1.55. The summed E-state index contributed by atoms with van der Waals surface area (Å²) in [6.07, 6.45) is 0.489. The zero-order chi connectivity index (χ0) is 21.2. The van der Waals surface area contributed by atoms with Crippen LogP contribution in [0.5, 0.6) is 0 Å². The highest BCUT2D eigenvalue weighted by molar-refractivity contribution is 7.87. The zero-order valence-corrected chi connectivity index (χ0v) is 17.0. The lowest BCUT2D eigenvalue weighted by atomic mass is 9.61. The third-order valence-corrected chi connectivity index (χ3v) is 4.92. The predicted molar refractivity (Wildman–Crippen MR) is 90.0 cm³/mol. The fraction of sp³-hybridized carbons (Fsp3) is 0.875. The summed E-state index contributed by atoms with van der Waals surface area (Å²) in [6.45, 7) is 11.9. The number of rotatable bonds is 7. The van der Waals surface area contributed by atoms with E-state index >= 15 is 0 Å². The van der Waals surface area contributed by atoms with Crippen LogP contribution in [0.3, 0.4) is 0 Å². The van der Waals surface area contributed by atoms with Gasteiger partial charge in [-0.25, -0.2) is 4.79 Å². The minimum atomic E-state index is -5.93. The third kappa shape index (κ3) is 6.15. The third-order valence-electron chi connectivity index (χ3n) is 4.10. The van der Waals surface area contributed by atoms with Gasteiger partial charge in [0.05, 0.1) is 5.41 Å². The molecule has 0 radical (unpaired) electrons. The molecule has 0 amide bonds. The van der Waals surface area contributed by atoms with Crippen LogP contribution in [0, 0.1) is 16.2 Å². The van der Waals surface area contributed by atoms with E-state index < -0.39 is 51.4 Å². The highest BCUT2D eigenvalue weighted by Crippen LogP contribution is 2.47. The smallest absolute Gasteiger partial charge is 0.462 e. The first kappa shape index (κ1) is 24.7. The molecule has 0 aliphatic rings. The van der Waals surface area contributed by atoms with Gasteiger partial charge in [0.25, 0.3) is 0 Å². The molecule has 0 aromatic carbocycles. The van der Waals surface area contributed by atoms with Gasteiger partial charge in [0.2, 0.25) is 0 Å². The van der Waals surface area contributed by atoms with Gasteiger partial charge in [-0.2, -0.15) is 17.2 Å². The lowest BCUT2D eigenvalue weighted by Gasteiger charge is -2.43. The molecule has 0 saturated carbocycles. The molecule has 0 aromatic rings. The molecule has 0 aliphatic heterocycles. The summed E-state index contributed by atoms with van der Waals surface area (Å²) < 4.78 is 64.3. The van der Waals surface area contributed by atoms with Crippen molar-refractivity contribution in [3.05, 3.63) is 0 Å². The van der Waals surface area contributed by atoms with E-state index in [4.69, 9.17) is 9.29 Å². The molecule has 1 atom stereocenters. The first-order valence-corrected chi connectivity index (χ1v) is 9.39. The molecule has 0 spiro atoms. The number of ether oxygens (including phenoxy) is 2. The van der Waals surface area contributed by atoms with Crippen molar-refractivity contribution in [2.45, 2.75) is 60.1 Å². The van der Waals surface area contributed by atoms with E-state index in [2.05, 4.69) is 4.74 Å². The molecule has 0 aromatic heterocycles. The number of hydrogen-bond donors (Lipinski definition) is 1. The Morgan fingerprint density at radius 2 is 1.27 bits per heavy atom. The normalized spacial score (nSPS) is 15.9. The van der Waals surface area contributed by atoms with Crippen molar-refractivity contribution in [1.82, 2.24) is 0 Å². The van der Waals surface area contributed by atoms with Crippen molar-refractivity contribution >= 4 is 22.1 Å². The van der Waals surface area contributed by atoms with Crippen LogP contribution >= 0.6 is 0 Å². The van der Waals surface area contributed by atoms with Gasteiger partial charge in [-0.15, -0.1) is 0 Å². The Labute approximate surface area is 153 Å². The van der Waals surface area contributed by atoms with Crippen LogP contribution in [0.15, 0.2) is 0 Å². The maximum atomic E-state index is 13.0. The van der Waals surface area contributed by atoms with Crippen LogP contribution in [0.25, 0.3) is 0 Å². The van der Waals surface area contributed by atoms with Gasteiger partial charge >= 0.3 is 27.3 Å². The number of carbonyl (C=O) groups excluding carboxylic acids is 2. The lowest BCUT2D eigenvalue weighted by Crippen LogP contribution is -2.44. The van der Waals surface area contributed by atoms with E-state index in [-0.39, 0.29) is 5.41 Å². The monoisotopic (exact) mass is 402 g/mol. The predicted octanol–water partition coefficient (Wildman–Crippen LogP) is 3.04. The second-order valence-electron chi connectivity index (χ2n) is 8.58. The Morgan fingerprint density at radius 1 is 0.885 bits per heavy atom. The van der Waals surface area contributed by atoms with Crippen LogP contribution in [0.1, 0.15) is 54.9 Å². The van der Waals surface area contributed by atoms with E-state index in [1.54, 1.807) is 6.92 Å². The minimum Gasteiger partial charge on any atom is -0.462 e. The number of halogens is 2. The lowest BCUT2D eigenvalue weighted by molar-refractivity contribution is -0.172. The van der Waals surface area contributed by atoms with Gasteiger partial charge in [0, 0.05) is 0 Å². The molecule has 26 heavy (non-hydrogen) atoms. The van der Waals surface area contributed by atoms with Crippen LogP contribution < -0.4 is 0 Å². The van der Waals surface area contributed by atoms with Crippen molar-refractivity contribution in [2.24, 2.45) is 16.2 Å². The summed E-state index contributed by atoms with van der Waals surface area (Å²) in [4.78, 5) is 23.6. The topological polar surface area (TPSA) is 107 Å². The Balaban J connectivity index is 4.90. The fourth-order valence-electron chi connectivity index (χ4n) is 2.32. The van der Waals surface area contributed by atoms with Crippen molar-refractivity contribution in [1.29, 1.82) is 0 Å².